The van der Waals surface area contributed by atoms with Crippen LogP contribution < -0.4 is 14.4 Å². The average molecular weight is 725 g/mol. The molecule has 0 saturated carbocycles. The van der Waals surface area contributed by atoms with Gasteiger partial charge in [-0.3, -0.25) is 13.9 Å². The lowest BCUT2D eigenvalue weighted by atomic mass is 10.0. The number of carbonyl (C=O) groups is 2. The highest BCUT2D eigenvalue weighted by atomic mass is 79.9. The molecule has 4 aromatic carbocycles. The van der Waals surface area contributed by atoms with Crippen LogP contribution in [0.5, 0.6) is 5.75 Å². The van der Waals surface area contributed by atoms with Gasteiger partial charge in [-0.25, -0.2) is 12.8 Å². The van der Waals surface area contributed by atoms with E-state index in [1.54, 1.807) is 54.6 Å². The van der Waals surface area contributed by atoms with Gasteiger partial charge in [0, 0.05) is 29.0 Å². The first-order valence-corrected chi connectivity index (χ1v) is 17.6. The summed E-state index contributed by atoms with van der Waals surface area (Å²) >= 11 is 3.34. The van der Waals surface area contributed by atoms with Crippen LogP contribution in [-0.2, 0) is 32.6 Å². The Morgan fingerprint density at radius 1 is 0.894 bits per heavy atom. The number of nitrogens with one attached hydrogen (secondary N) is 1. The maximum absolute atomic E-state index is 15.1. The van der Waals surface area contributed by atoms with Crippen LogP contribution in [0, 0.1) is 5.82 Å². The molecule has 0 fully saturated rings. The van der Waals surface area contributed by atoms with E-state index in [0.717, 1.165) is 9.87 Å². The van der Waals surface area contributed by atoms with Crippen LogP contribution >= 0.6 is 15.9 Å². The normalized spacial score (nSPS) is 12.5. The summed E-state index contributed by atoms with van der Waals surface area (Å²) in [5.74, 6) is -1.11. The fraction of sp³-hybridized carbons (Fsp3) is 0.278. The zero-order chi connectivity index (χ0) is 34.0. The van der Waals surface area contributed by atoms with Crippen LogP contribution in [0.1, 0.15) is 38.3 Å². The molecule has 0 radical (unpaired) electrons. The number of sulfonamides is 1. The molecule has 4 rings (SSSR count). The Hall–Kier alpha value is -4.22. The second-order valence-corrected chi connectivity index (χ2v) is 13.8. The molecule has 2 amide bonds. The number of carbonyl (C=O) groups excluding carboxylic acids is 2. The number of halogens is 2. The van der Waals surface area contributed by atoms with Crippen molar-refractivity contribution < 1.29 is 27.1 Å². The minimum absolute atomic E-state index is 0.0293. The van der Waals surface area contributed by atoms with Gasteiger partial charge in [0.1, 0.15) is 24.2 Å². The first-order chi connectivity index (χ1) is 22.5. The number of hydrogen-bond donors (Lipinski definition) is 1. The van der Waals surface area contributed by atoms with Crippen molar-refractivity contribution in [1.29, 1.82) is 0 Å². The van der Waals surface area contributed by atoms with Crippen molar-refractivity contribution >= 4 is 43.5 Å². The Morgan fingerprint density at radius 2 is 1.53 bits per heavy atom. The van der Waals surface area contributed by atoms with E-state index >= 15 is 4.39 Å². The molecule has 0 aliphatic heterocycles. The number of hydrogen-bond acceptors (Lipinski definition) is 5. The van der Waals surface area contributed by atoms with Crippen LogP contribution in [0.3, 0.4) is 0 Å². The Kier molecular flexibility index (Phi) is 12.6. The molecule has 248 valence electrons. The number of ether oxygens (including phenoxy) is 1. The minimum atomic E-state index is -4.28. The summed E-state index contributed by atoms with van der Waals surface area (Å²) in [6.45, 7) is 5.14. The predicted octanol–water partition coefficient (Wildman–Crippen LogP) is 6.74. The van der Waals surface area contributed by atoms with Gasteiger partial charge < -0.3 is 15.0 Å². The van der Waals surface area contributed by atoms with Crippen LogP contribution in [0.15, 0.2) is 112 Å². The molecule has 0 aromatic heterocycles. The minimum Gasteiger partial charge on any atom is -0.494 e. The van der Waals surface area contributed by atoms with Crippen LogP contribution in [-0.4, -0.2) is 50.4 Å². The van der Waals surface area contributed by atoms with E-state index in [0.29, 0.717) is 23.2 Å². The molecular weight excluding hydrogens is 685 g/mol. The highest BCUT2D eigenvalue weighted by Crippen LogP contribution is 2.28. The van der Waals surface area contributed by atoms with Crippen LogP contribution in [0.25, 0.3) is 0 Å². The third-order valence-electron chi connectivity index (χ3n) is 7.69. The molecule has 47 heavy (non-hydrogen) atoms. The highest BCUT2D eigenvalue weighted by Gasteiger charge is 2.35. The van der Waals surface area contributed by atoms with E-state index in [2.05, 4.69) is 21.2 Å². The topological polar surface area (TPSA) is 96.0 Å². The lowest BCUT2D eigenvalue weighted by Crippen LogP contribution is -2.54. The van der Waals surface area contributed by atoms with Gasteiger partial charge in [-0.15, -0.1) is 0 Å². The lowest BCUT2D eigenvalue weighted by molar-refractivity contribution is -0.140. The molecule has 0 aliphatic rings. The summed E-state index contributed by atoms with van der Waals surface area (Å²) in [6, 6.07) is 26.4. The third kappa shape index (κ3) is 9.42. The predicted molar refractivity (Wildman–Crippen MR) is 185 cm³/mol. The maximum atomic E-state index is 15.1. The largest absolute Gasteiger partial charge is 0.494 e. The first kappa shape index (κ1) is 35.6. The Morgan fingerprint density at radius 3 is 2.15 bits per heavy atom. The molecular formula is C36H39BrFN3O5S. The zero-order valence-corrected chi connectivity index (χ0v) is 29.0. The monoisotopic (exact) mass is 723 g/mol. The second-order valence-electron chi connectivity index (χ2n) is 11.0. The lowest BCUT2D eigenvalue weighted by Gasteiger charge is -2.34. The SMILES string of the molecule is CCOc1ccc(N(CC(=O)N(Cc2ccccc2F)[C@@H](Cc2ccccc2)C(=O)N[C@H](C)CC)S(=O)(=O)c2ccc(Br)cc2)cc1. The molecule has 0 aliphatic carbocycles. The van der Waals surface area contributed by atoms with Crippen LogP contribution in [0.4, 0.5) is 10.1 Å². The van der Waals surface area contributed by atoms with E-state index in [4.69, 9.17) is 4.74 Å². The van der Waals surface area contributed by atoms with E-state index in [9.17, 15) is 18.0 Å². The molecule has 0 saturated heterocycles. The molecule has 0 bridgehead atoms. The molecule has 8 nitrogen and oxygen atoms in total. The van der Waals surface area contributed by atoms with Crippen molar-refractivity contribution in [2.45, 2.75) is 57.1 Å². The summed E-state index contributed by atoms with van der Waals surface area (Å²) in [4.78, 5) is 29.7. The molecule has 0 unspecified atom stereocenters. The van der Waals surface area contributed by atoms with E-state index in [1.165, 1.54) is 23.1 Å². The summed E-state index contributed by atoms with van der Waals surface area (Å²) < 4.78 is 50.7. The number of anilines is 1. The van der Waals surface area contributed by atoms with E-state index < -0.39 is 40.2 Å². The van der Waals surface area contributed by atoms with E-state index in [1.807, 2.05) is 51.1 Å². The smallest absolute Gasteiger partial charge is 0.264 e. The van der Waals surface area contributed by atoms with Crippen molar-refractivity contribution in [3.8, 4) is 5.75 Å². The van der Waals surface area contributed by atoms with Crippen molar-refractivity contribution in [1.82, 2.24) is 10.2 Å². The quantitative estimate of drug-likeness (QED) is 0.147. The van der Waals surface area contributed by atoms with Crippen molar-refractivity contribution in [2.24, 2.45) is 0 Å². The van der Waals surface area contributed by atoms with Gasteiger partial charge in [-0.1, -0.05) is 71.4 Å². The van der Waals surface area contributed by atoms with Crippen molar-refractivity contribution in [3.63, 3.8) is 0 Å². The summed E-state index contributed by atoms with van der Waals surface area (Å²) in [5.41, 5.74) is 1.20. The molecule has 4 aromatic rings. The highest BCUT2D eigenvalue weighted by molar-refractivity contribution is 9.10. The summed E-state index contributed by atoms with van der Waals surface area (Å²) in [5, 5.41) is 2.97. The van der Waals surface area contributed by atoms with Gasteiger partial charge in [0.2, 0.25) is 11.8 Å². The van der Waals surface area contributed by atoms with Crippen molar-refractivity contribution in [3.05, 3.63) is 125 Å². The van der Waals surface area contributed by atoms with Gasteiger partial charge in [-0.2, -0.15) is 0 Å². The standard InChI is InChI=1S/C36H39BrFN3O5S/c1-4-26(3)39-36(43)34(23-27-11-7-6-8-12-27)40(24-28-13-9-10-14-33(28)38)35(42)25-41(30-17-19-31(20-18-30)46-5-2)47(44,45)32-21-15-29(37)16-22-32/h6-22,26,34H,4-5,23-25H2,1-3H3,(H,39,43)/t26-,34+/m1/s1. The molecule has 2 atom stereocenters. The van der Waals surface area contributed by atoms with Gasteiger partial charge in [-0.05, 0) is 80.4 Å². The van der Waals surface area contributed by atoms with Crippen LogP contribution in [0.2, 0.25) is 0 Å². The van der Waals surface area contributed by atoms with Crippen molar-refractivity contribution in [2.75, 3.05) is 17.5 Å². The maximum Gasteiger partial charge on any atom is 0.264 e. The Labute approximate surface area is 284 Å². The Bertz CT molecular complexity index is 1740. The van der Waals surface area contributed by atoms with E-state index in [-0.39, 0.29) is 35.2 Å². The fourth-order valence-corrected chi connectivity index (χ4v) is 6.62. The molecule has 11 heteroatoms. The first-order valence-electron chi connectivity index (χ1n) is 15.4. The second kappa shape index (κ2) is 16.6. The summed E-state index contributed by atoms with van der Waals surface area (Å²) in [7, 11) is -4.28. The number of benzene rings is 4. The van der Waals surface area contributed by atoms with Gasteiger partial charge in [0.05, 0.1) is 17.2 Å². The molecule has 0 heterocycles. The molecule has 0 spiro atoms. The third-order valence-corrected chi connectivity index (χ3v) is 10.0. The number of nitrogens with zero attached hydrogens (tertiary/aromatic N) is 2. The number of rotatable bonds is 15. The molecule has 1 N–H and O–H groups in total. The Balaban J connectivity index is 1.81. The van der Waals surface area contributed by atoms with Gasteiger partial charge >= 0.3 is 0 Å². The summed E-state index contributed by atoms with van der Waals surface area (Å²) in [6.07, 6.45) is 0.786. The number of amides is 2. The van der Waals surface area contributed by atoms with Gasteiger partial charge in [0.25, 0.3) is 10.0 Å². The average Bonchev–Trinajstić information content (AvgIpc) is 3.07. The zero-order valence-electron chi connectivity index (χ0n) is 26.6. The van der Waals surface area contributed by atoms with Gasteiger partial charge in [0.15, 0.2) is 0 Å². The fourth-order valence-electron chi connectivity index (χ4n) is 4.94.